The van der Waals surface area contributed by atoms with Crippen LogP contribution < -0.4 is 0 Å². The first-order chi connectivity index (χ1) is 12.7. The van der Waals surface area contributed by atoms with Crippen molar-refractivity contribution in [3.63, 3.8) is 0 Å². The van der Waals surface area contributed by atoms with Crippen molar-refractivity contribution in [2.45, 2.75) is 63.6 Å². The number of hydrogen-bond acceptors (Lipinski definition) is 3. The Morgan fingerprint density at radius 3 is 1.70 bits per heavy atom. The number of carbonyl (C=O) groups excluding carboxylic acids is 1. The fourth-order valence-electron chi connectivity index (χ4n) is 4.24. The Morgan fingerprint density at radius 2 is 1.30 bits per heavy atom. The third kappa shape index (κ3) is 4.23. The number of benzene rings is 2. The number of piperidine rings is 1. The van der Waals surface area contributed by atoms with Gasteiger partial charge in [0.25, 0.3) is 0 Å². The van der Waals surface area contributed by atoms with Gasteiger partial charge in [-0.3, -0.25) is 4.79 Å². The maximum Gasteiger partial charge on any atom is 0.318 e. The van der Waals surface area contributed by atoms with Crippen LogP contribution in [0.5, 0.6) is 0 Å². The fourth-order valence-corrected chi connectivity index (χ4v) is 4.24. The summed E-state index contributed by atoms with van der Waals surface area (Å²) < 4.78 is 5.98. The molecule has 0 N–H and O–H groups in total. The van der Waals surface area contributed by atoms with Gasteiger partial charge in [-0.05, 0) is 38.8 Å². The first-order valence-corrected chi connectivity index (χ1v) is 9.48. The molecule has 1 saturated heterocycles. The lowest BCUT2D eigenvalue weighted by Gasteiger charge is -2.49. The molecular weight excluding hydrogens is 338 g/mol. The first-order valence-electron chi connectivity index (χ1n) is 9.48. The predicted octanol–water partition coefficient (Wildman–Crippen LogP) is 4.73. The van der Waals surface area contributed by atoms with Gasteiger partial charge in [-0.15, -0.1) is 10.3 Å². The van der Waals surface area contributed by atoms with E-state index in [1.807, 2.05) is 88.4 Å². The van der Waals surface area contributed by atoms with E-state index in [0.29, 0.717) is 12.8 Å². The van der Waals surface area contributed by atoms with E-state index in [-0.39, 0.29) is 12.1 Å². The first kappa shape index (κ1) is 19.6. The van der Waals surface area contributed by atoms with Gasteiger partial charge in [-0.25, -0.2) is 0 Å². The van der Waals surface area contributed by atoms with Gasteiger partial charge in [0.2, 0.25) is 0 Å². The second kappa shape index (κ2) is 7.45. The van der Waals surface area contributed by atoms with Crippen molar-refractivity contribution < 1.29 is 14.7 Å². The number of rotatable bonds is 4. The van der Waals surface area contributed by atoms with Crippen molar-refractivity contribution in [2.24, 2.45) is 0 Å². The van der Waals surface area contributed by atoms with Crippen LogP contribution in [0.25, 0.3) is 0 Å². The van der Waals surface area contributed by atoms with Crippen LogP contribution in [0.4, 0.5) is 0 Å². The molecule has 0 unspecified atom stereocenters. The molecule has 4 heteroatoms. The van der Waals surface area contributed by atoms with Gasteiger partial charge in [0.1, 0.15) is 12.0 Å². The van der Waals surface area contributed by atoms with Crippen LogP contribution in [0.2, 0.25) is 0 Å². The molecule has 0 aliphatic carbocycles. The molecule has 0 amide bonds. The van der Waals surface area contributed by atoms with E-state index in [4.69, 9.17) is 4.74 Å². The molecule has 1 heterocycles. The molecule has 2 aromatic carbocycles. The summed E-state index contributed by atoms with van der Waals surface area (Å²) in [6.45, 7) is 7.64. The zero-order valence-corrected chi connectivity index (χ0v) is 16.5. The Labute approximate surface area is 161 Å². The molecule has 27 heavy (non-hydrogen) atoms. The van der Waals surface area contributed by atoms with Crippen molar-refractivity contribution in [2.75, 3.05) is 0 Å². The Balaban J connectivity index is 1.85. The van der Waals surface area contributed by atoms with Crippen LogP contribution in [0.15, 0.2) is 60.7 Å². The standard InChI is InChI=1S/C23H28NO3/c1-22(2)15-19(16-23(3,4)24(22)26)27-21(25)20(17-11-7-5-8-12-17)18-13-9-6-10-14-18/h5-14,19-20H,15-16H2,1-4H3. The topological polar surface area (TPSA) is 49.4 Å². The maximum absolute atomic E-state index is 13.2. The number of hydrogen-bond donors (Lipinski definition) is 0. The highest BCUT2D eigenvalue weighted by molar-refractivity contribution is 5.82. The smallest absolute Gasteiger partial charge is 0.318 e. The van der Waals surface area contributed by atoms with Gasteiger partial charge in [-0.1, -0.05) is 60.7 Å². The number of esters is 1. The molecule has 1 aliphatic rings. The van der Waals surface area contributed by atoms with E-state index in [1.54, 1.807) is 0 Å². The Hall–Kier alpha value is -2.17. The molecule has 1 fully saturated rings. The van der Waals surface area contributed by atoms with Gasteiger partial charge >= 0.3 is 5.97 Å². The summed E-state index contributed by atoms with van der Waals surface area (Å²) in [5.41, 5.74) is 0.686. The molecule has 0 atom stereocenters. The maximum atomic E-state index is 13.2. The van der Waals surface area contributed by atoms with Crippen molar-refractivity contribution in [3.05, 3.63) is 71.8 Å². The lowest BCUT2D eigenvalue weighted by atomic mass is 9.80. The summed E-state index contributed by atoms with van der Waals surface area (Å²) in [6, 6.07) is 19.4. The molecule has 0 aromatic heterocycles. The fraction of sp³-hybridized carbons (Fsp3) is 0.435. The predicted molar refractivity (Wildman–Crippen MR) is 105 cm³/mol. The molecule has 143 valence electrons. The van der Waals surface area contributed by atoms with Crippen LogP contribution in [0, 0.1) is 0 Å². The zero-order chi connectivity index (χ0) is 19.7. The minimum Gasteiger partial charge on any atom is -0.462 e. The average molecular weight is 366 g/mol. The number of nitrogens with zero attached hydrogens (tertiary/aromatic N) is 1. The van der Waals surface area contributed by atoms with Crippen LogP contribution in [-0.4, -0.2) is 28.2 Å². The van der Waals surface area contributed by atoms with Gasteiger partial charge in [0.15, 0.2) is 0 Å². The Bertz CT molecular complexity index is 713. The molecule has 2 aromatic rings. The van der Waals surface area contributed by atoms with E-state index in [0.717, 1.165) is 16.2 Å². The number of ether oxygens (including phenoxy) is 1. The molecule has 3 rings (SSSR count). The molecule has 1 aliphatic heterocycles. The molecular formula is C23H28NO3. The largest absolute Gasteiger partial charge is 0.462 e. The van der Waals surface area contributed by atoms with E-state index in [2.05, 4.69) is 0 Å². The van der Waals surface area contributed by atoms with E-state index in [1.165, 1.54) is 0 Å². The molecule has 0 spiro atoms. The Kier molecular flexibility index (Phi) is 5.41. The van der Waals surface area contributed by atoms with Gasteiger partial charge in [0.05, 0.1) is 0 Å². The number of carbonyl (C=O) groups is 1. The highest BCUT2D eigenvalue weighted by Crippen LogP contribution is 2.39. The SMILES string of the molecule is CC1(C)CC(OC(=O)C(c2ccccc2)c2ccccc2)CC(C)(C)N1[O]. The van der Waals surface area contributed by atoms with Gasteiger partial charge < -0.3 is 4.74 Å². The van der Waals surface area contributed by atoms with Crippen LogP contribution in [0.1, 0.15) is 57.6 Å². The molecule has 0 bridgehead atoms. The zero-order valence-electron chi connectivity index (χ0n) is 16.5. The normalized spacial score (nSPS) is 19.8. The number of hydroxylamine groups is 2. The summed E-state index contributed by atoms with van der Waals surface area (Å²) in [7, 11) is 0. The highest BCUT2D eigenvalue weighted by Gasteiger charge is 2.47. The van der Waals surface area contributed by atoms with Crippen LogP contribution >= 0.6 is 0 Å². The average Bonchev–Trinajstić information content (AvgIpc) is 2.61. The third-order valence-electron chi connectivity index (χ3n) is 5.34. The second-order valence-electron chi connectivity index (χ2n) is 8.64. The summed E-state index contributed by atoms with van der Waals surface area (Å²) >= 11 is 0. The van der Waals surface area contributed by atoms with Crippen LogP contribution in [-0.2, 0) is 14.7 Å². The Morgan fingerprint density at radius 1 is 0.889 bits per heavy atom. The van der Waals surface area contributed by atoms with Gasteiger partial charge in [0, 0.05) is 23.9 Å². The summed E-state index contributed by atoms with van der Waals surface area (Å²) in [5, 5.41) is 13.7. The quantitative estimate of drug-likeness (QED) is 0.735. The van der Waals surface area contributed by atoms with Crippen molar-refractivity contribution in [1.29, 1.82) is 0 Å². The lowest BCUT2D eigenvalue weighted by molar-refractivity contribution is -0.299. The molecule has 4 nitrogen and oxygen atoms in total. The minimum absolute atomic E-state index is 0.261. The summed E-state index contributed by atoms with van der Waals surface area (Å²) in [4.78, 5) is 13.2. The van der Waals surface area contributed by atoms with Crippen LogP contribution in [0.3, 0.4) is 0 Å². The highest BCUT2D eigenvalue weighted by atomic mass is 16.5. The van der Waals surface area contributed by atoms with Crippen molar-refractivity contribution in [3.8, 4) is 0 Å². The summed E-state index contributed by atoms with van der Waals surface area (Å²) in [6.07, 6.45) is 0.784. The molecule has 1 radical (unpaired) electrons. The lowest BCUT2D eigenvalue weighted by Crippen LogP contribution is -2.60. The van der Waals surface area contributed by atoms with Crippen molar-refractivity contribution in [1.82, 2.24) is 5.06 Å². The van der Waals surface area contributed by atoms with E-state index in [9.17, 15) is 10.0 Å². The van der Waals surface area contributed by atoms with E-state index >= 15 is 0 Å². The minimum atomic E-state index is -0.568. The summed E-state index contributed by atoms with van der Waals surface area (Å²) in [5.74, 6) is -0.729. The van der Waals surface area contributed by atoms with Crippen molar-refractivity contribution >= 4 is 5.97 Å². The van der Waals surface area contributed by atoms with E-state index < -0.39 is 17.0 Å². The molecule has 0 saturated carbocycles. The third-order valence-corrected chi connectivity index (χ3v) is 5.34. The van der Waals surface area contributed by atoms with Gasteiger partial charge in [-0.2, -0.15) is 0 Å². The monoisotopic (exact) mass is 366 g/mol. The second-order valence-corrected chi connectivity index (χ2v) is 8.64.